The zero-order valence-electron chi connectivity index (χ0n) is 17.3. The molecular weight excluding hydrogens is 502 g/mol. The summed E-state index contributed by atoms with van der Waals surface area (Å²) in [6, 6.07) is 9.69. The Bertz CT molecular complexity index is 1480. The van der Waals surface area contributed by atoms with Crippen molar-refractivity contribution >= 4 is 26.6 Å². The summed E-state index contributed by atoms with van der Waals surface area (Å²) in [5, 5.41) is -0.619. The molecular formula is C21H14F6N4O3S. The first-order chi connectivity index (χ1) is 16.3. The van der Waals surface area contributed by atoms with Crippen LogP contribution in [-0.2, 0) is 22.7 Å². The van der Waals surface area contributed by atoms with Crippen LogP contribution in [0.1, 0.15) is 5.56 Å². The minimum atomic E-state index is -4.68. The van der Waals surface area contributed by atoms with Crippen molar-refractivity contribution in [2.75, 3.05) is 4.72 Å². The number of nitrogens with one attached hydrogen (secondary N) is 1. The molecule has 0 aliphatic heterocycles. The predicted octanol–water partition coefficient (Wildman–Crippen LogP) is 5.61. The molecule has 14 heteroatoms. The van der Waals surface area contributed by atoms with Gasteiger partial charge in [0.25, 0.3) is 10.0 Å². The Morgan fingerprint density at radius 3 is 2.43 bits per heavy atom. The highest BCUT2D eigenvalue weighted by atomic mass is 32.2. The van der Waals surface area contributed by atoms with E-state index in [9.17, 15) is 34.8 Å². The summed E-state index contributed by atoms with van der Waals surface area (Å²) < 4.78 is 111. The first-order valence-corrected chi connectivity index (χ1v) is 11.2. The number of benzene rings is 2. The van der Waals surface area contributed by atoms with Gasteiger partial charge in [0.1, 0.15) is 18.0 Å². The van der Waals surface area contributed by atoms with Gasteiger partial charge in [0.15, 0.2) is 0 Å². The number of aromatic nitrogens is 3. The molecule has 0 amide bonds. The summed E-state index contributed by atoms with van der Waals surface area (Å²) in [7, 11) is -4.56. The fourth-order valence-corrected chi connectivity index (χ4v) is 4.40. The van der Waals surface area contributed by atoms with Gasteiger partial charge in [-0.25, -0.2) is 4.98 Å². The number of halogens is 6. The summed E-state index contributed by atoms with van der Waals surface area (Å²) in [4.78, 5) is 7.62. The Balaban J connectivity index is 1.68. The average molecular weight is 516 g/mol. The van der Waals surface area contributed by atoms with Crippen molar-refractivity contribution in [1.82, 2.24) is 14.5 Å². The van der Waals surface area contributed by atoms with E-state index in [1.54, 1.807) is 0 Å². The van der Waals surface area contributed by atoms with Crippen molar-refractivity contribution in [1.29, 1.82) is 0 Å². The van der Waals surface area contributed by atoms with Crippen molar-refractivity contribution in [2.24, 2.45) is 0 Å². The standard InChI is InChI=1S/C21H14F6N4O3S/c22-20(23,24)12-31-10-9-29-19(31)35(32,33)30-16-6-7-17(15-5-2-8-28-18(15)16)34-14-4-1-3-13(11-14)21(25,26)27/h1-11,30H,12H2. The molecule has 0 atom stereocenters. The maximum atomic E-state index is 13.0. The fourth-order valence-electron chi connectivity index (χ4n) is 3.22. The van der Waals surface area contributed by atoms with Gasteiger partial charge in [-0.05, 0) is 42.5 Å². The van der Waals surface area contributed by atoms with Gasteiger partial charge in [0.05, 0.1) is 16.8 Å². The lowest BCUT2D eigenvalue weighted by molar-refractivity contribution is -0.142. The van der Waals surface area contributed by atoms with Crippen molar-refractivity contribution in [3.8, 4) is 11.5 Å². The number of fused-ring (bicyclic) bond motifs is 1. The Morgan fingerprint density at radius 1 is 0.943 bits per heavy atom. The van der Waals surface area contributed by atoms with Crippen LogP contribution in [0.25, 0.3) is 10.9 Å². The summed E-state index contributed by atoms with van der Waals surface area (Å²) in [5.41, 5.74) is -0.968. The molecule has 1 N–H and O–H groups in total. The van der Waals surface area contributed by atoms with E-state index in [4.69, 9.17) is 4.74 Å². The van der Waals surface area contributed by atoms with Gasteiger partial charge in [0, 0.05) is 24.0 Å². The maximum Gasteiger partial charge on any atom is 0.416 e. The van der Waals surface area contributed by atoms with Crippen LogP contribution in [-0.4, -0.2) is 29.1 Å². The summed E-state index contributed by atoms with van der Waals surface area (Å²) in [6.07, 6.45) is -6.13. The van der Waals surface area contributed by atoms with Gasteiger partial charge >= 0.3 is 12.4 Å². The molecule has 0 bridgehead atoms. The number of nitrogens with zero attached hydrogens (tertiary/aromatic N) is 3. The average Bonchev–Trinajstić information content (AvgIpc) is 3.22. The Kier molecular flexibility index (Phi) is 6.09. The van der Waals surface area contributed by atoms with E-state index in [2.05, 4.69) is 14.7 Å². The fraction of sp³-hybridized carbons (Fsp3) is 0.143. The third-order valence-corrected chi connectivity index (χ3v) is 5.94. The second kappa shape index (κ2) is 8.76. The lowest BCUT2D eigenvalue weighted by atomic mass is 10.1. The van der Waals surface area contributed by atoms with Crippen LogP contribution in [0.2, 0.25) is 0 Å². The van der Waals surface area contributed by atoms with Crippen LogP contribution in [0.15, 0.2) is 72.3 Å². The molecule has 4 rings (SSSR count). The number of anilines is 1. The highest BCUT2D eigenvalue weighted by molar-refractivity contribution is 7.92. The lowest BCUT2D eigenvalue weighted by Gasteiger charge is -2.15. The summed E-state index contributed by atoms with van der Waals surface area (Å²) in [5.74, 6) is -0.0403. The topological polar surface area (TPSA) is 86.1 Å². The van der Waals surface area contributed by atoms with Gasteiger partial charge in [-0.1, -0.05) is 6.07 Å². The minimum absolute atomic E-state index is 0.0504. The van der Waals surface area contributed by atoms with Gasteiger partial charge in [0.2, 0.25) is 5.16 Å². The molecule has 0 radical (unpaired) electrons. The van der Waals surface area contributed by atoms with E-state index in [1.807, 2.05) is 0 Å². The molecule has 0 spiro atoms. The summed E-state index contributed by atoms with van der Waals surface area (Å²) >= 11 is 0. The second-order valence-corrected chi connectivity index (χ2v) is 8.77. The van der Waals surface area contributed by atoms with E-state index in [0.29, 0.717) is 4.57 Å². The monoisotopic (exact) mass is 516 g/mol. The van der Waals surface area contributed by atoms with Crippen LogP contribution in [0.5, 0.6) is 11.5 Å². The Morgan fingerprint density at radius 2 is 1.71 bits per heavy atom. The highest BCUT2D eigenvalue weighted by Crippen LogP contribution is 2.36. The van der Waals surface area contributed by atoms with E-state index in [-0.39, 0.29) is 28.1 Å². The molecule has 0 aliphatic rings. The molecule has 2 heterocycles. The van der Waals surface area contributed by atoms with E-state index in [1.165, 1.54) is 42.6 Å². The number of pyridine rings is 1. The Labute approximate surface area is 194 Å². The maximum absolute atomic E-state index is 13.0. The molecule has 0 fully saturated rings. The molecule has 0 saturated heterocycles. The van der Waals surface area contributed by atoms with Gasteiger partial charge in [-0.2, -0.15) is 34.8 Å². The highest BCUT2D eigenvalue weighted by Gasteiger charge is 2.32. The number of ether oxygens (including phenoxy) is 1. The predicted molar refractivity (Wildman–Crippen MR) is 112 cm³/mol. The lowest BCUT2D eigenvalue weighted by Crippen LogP contribution is -2.24. The van der Waals surface area contributed by atoms with Crippen molar-refractivity contribution in [2.45, 2.75) is 24.1 Å². The number of hydrogen-bond donors (Lipinski definition) is 1. The SMILES string of the molecule is O=S(=O)(Nc1ccc(Oc2cccc(C(F)(F)F)c2)c2cccnc12)c1nccn1CC(F)(F)F. The number of rotatable bonds is 6. The third-order valence-electron chi connectivity index (χ3n) is 4.63. The number of alkyl halides is 6. The number of sulfonamides is 1. The zero-order valence-corrected chi connectivity index (χ0v) is 18.1. The molecule has 2 aromatic carbocycles. The van der Waals surface area contributed by atoms with E-state index in [0.717, 1.165) is 24.5 Å². The van der Waals surface area contributed by atoms with Crippen molar-refractivity contribution in [3.63, 3.8) is 0 Å². The smallest absolute Gasteiger partial charge is 0.416 e. The summed E-state index contributed by atoms with van der Waals surface area (Å²) in [6.45, 7) is -1.56. The van der Waals surface area contributed by atoms with Crippen LogP contribution < -0.4 is 9.46 Å². The van der Waals surface area contributed by atoms with Crippen LogP contribution in [0, 0.1) is 0 Å². The Hall–Kier alpha value is -3.81. The van der Waals surface area contributed by atoms with Crippen molar-refractivity contribution < 1.29 is 39.5 Å². The molecule has 35 heavy (non-hydrogen) atoms. The normalized spacial score (nSPS) is 12.6. The molecule has 0 aliphatic carbocycles. The van der Waals surface area contributed by atoms with E-state index < -0.39 is 39.6 Å². The van der Waals surface area contributed by atoms with Crippen LogP contribution in [0.4, 0.5) is 32.0 Å². The van der Waals surface area contributed by atoms with Gasteiger partial charge in [-0.15, -0.1) is 0 Å². The quantitative estimate of drug-likeness (QED) is 0.337. The van der Waals surface area contributed by atoms with Gasteiger partial charge in [-0.3, -0.25) is 9.71 Å². The van der Waals surface area contributed by atoms with Gasteiger partial charge < -0.3 is 9.30 Å². The first-order valence-electron chi connectivity index (χ1n) is 9.67. The van der Waals surface area contributed by atoms with E-state index >= 15 is 0 Å². The number of hydrogen-bond acceptors (Lipinski definition) is 5. The largest absolute Gasteiger partial charge is 0.457 e. The second-order valence-electron chi connectivity index (χ2n) is 7.20. The van der Waals surface area contributed by atoms with Crippen LogP contribution in [0.3, 0.4) is 0 Å². The minimum Gasteiger partial charge on any atom is -0.457 e. The first kappa shape index (κ1) is 24.3. The molecule has 0 unspecified atom stereocenters. The van der Waals surface area contributed by atoms with Crippen LogP contribution >= 0.6 is 0 Å². The molecule has 7 nitrogen and oxygen atoms in total. The third kappa shape index (κ3) is 5.48. The molecule has 0 saturated carbocycles. The van der Waals surface area contributed by atoms with Crippen molar-refractivity contribution in [3.05, 3.63) is 72.7 Å². The zero-order chi connectivity index (χ0) is 25.4. The molecule has 184 valence electrons. The number of imidazole rings is 1. The molecule has 4 aromatic rings. The molecule has 2 aromatic heterocycles.